The summed E-state index contributed by atoms with van der Waals surface area (Å²) in [6, 6.07) is 0. The van der Waals surface area contributed by atoms with E-state index in [1.54, 1.807) is 0 Å². The predicted octanol–water partition coefficient (Wildman–Crippen LogP) is 7.97. The predicted molar refractivity (Wildman–Crippen MR) is 111 cm³/mol. The third-order valence-electron chi connectivity index (χ3n) is 4.75. The van der Waals surface area contributed by atoms with E-state index >= 15 is 0 Å². The Labute approximate surface area is 158 Å². The number of ether oxygens (including phenoxy) is 1. The molecule has 0 radical (unpaired) electrons. The Balaban J connectivity index is 0. The molecule has 0 aliphatic heterocycles. The monoisotopic (exact) mass is 358 g/mol. The fourth-order valence-electron chi connectivity index (χ4n) is 3.07. The Morgan fingerprint density at radius 2 is 0.920 bits per heavy atom. The summed E-state index contributed by atoms with van der Waals surface area (Å²) in [5, 5.41) is 0. The number of esters is 1. The zero-order chi connectivity index (χ0) is 17.7. The highest BCUT2D eigenvalue weighted by Crippen LogP contribution is 2.11. The van der Waals surface area contributed by atoms with Crippen LogP contribution in [0.2, 0.25) is 0 Å². The topological polar surface area (TPSA) is 62.8 Å². The molecule has 0 saturated heterocycles. The van der Waals surface area contributed by atoms with Crippen LogP contribution in [-0.4, -0.2) is 12.6 Å². The summed E-state index contributed by atoms with van der Waals surface area (Å²) in [7, 11) is 0. The van der Waals surface area contributed by atoms with Gasteiger partial charge in [0.15, 0.2) is 0 Å². The molecule has 0 saturated carbocycles. The van der Waals surface area contributed by atoms with Gasteiger partial charge >= 0.3 is 5.97 Å². The van der Waals surface area contributed by atoms with E-state index < -0.39 is 0 Å². The van der Waals surface area contributed by atoms with Gasteiger partial charge in [0.25, 0.3) is 0 Å². The van der Waals surface area contributed by atoms with Gasteiger partial charge in [0.2, 0.25) is 0 Å². The smallest absolute Gasteiger partial charge is 0.305 e. The molecule has 25 heavy (non-hydrogen) atoms. The molecular formula is C22H48NO2+. The van der Waals surface area contributed by atoms with E-state index in [0.717, 1.165) is 12.8 Å². The molecule has 4 N–H and O–H groups in total. The first-order valence-electron chi connectivity index (χ1n) is 11.0. The SMILES string of the molecule is CCCCCCCCCCCCOC(=O)CCCCCCCCC.[NH4+]. The average Bonchev–Trinajstić information content (AvgIpc) is 2.59. The van der Waals surface area contributed by atoms with Crippen LogP contribution in [0.1, 0.15) is 129 Å². The third-order valence-corrected chi connectivity index (χ3v) is 4.75. The molecule has 0 bridgehead atoms. The molecule has 0 aromatic rings. The second-order valence-corrected chi connectivity index (χ2v) is 7.27. The van der Waals surface area contributed by atoms with Gasteiger partial charge in [-0.05, 0) is 12.8 Å². The molecule has 0 unspecified atom stereocenters. The Morgan fingerprint density at radius 3 is 1.36 bits per heavy atom. The number of quaternary nitrogens is 1. The lowest BCUT2D eigenvalue weighted by Crippen LogP contribution is -2.05. The van der Waals surface area contributed by atoms with Crippen LogP contribution in [-0.2, 0) is 9.53 Å². The maximum atomic E-state index is 11.6. The van der Waals surface area contributed by atoms with E-state index in [0.29, 0.717) is 13.0 Å². The van der Waals surface area contributed by atoms with Gasteiger partial charge in [-0.1, -0.05) is 110 Å². The van der Waals surface area contributed by atoms with Crippen LogP contribution in [0.3, 0.4) is 0 Å². The van der Waals surface area contributed by atoms with Crippen molar-refractivity contribution in [3.05, 3.63) is 0 Å². The van der Waals surface area contributed by atoms with Crippen LogP contribution in [0.25, 0.3) is 0 Å². The summed E-state index contributed by atoms with van der Waals surface area (Å²) in [6.45, 7) is 5.14. The highest BCUT2D eigenvalue weighted by Gasteiger charge is 2.02. The van der Waals surface area contributed by atoms with Gasteiger partial charge in [-0.2, -0.15) is 0 Å². The van der Waals surface area contributed by atoms with Crippen molar-refractivity contribution in [1.29, 1.82) is 0 Å². The number of carbonyl (C=O) groups is 1. The van der Waals surface area contributed by atoms with Crippen molar-refractivity contribution in [3.8, 4) is 0 Å². The van der Waals surface area contributed by atoms with Gasteiger partial charge in [0.1, 0.15) is 0 Å². The standard InChI is InChI=1S/C22H44O2.H3N/c1-3-5-7-9-11-12-13-15-17-19-21-24-22(23)20-18-16-14-10-8-6-4-2;/h3-21H2,1-2H3;1H3/p+1. The molecule has 3 nitrogen and oxygen atoms in total. The minimum atomic E-state index is 0. The summed E-state index contributed by atoms with van der Waals surface area (Å²) in [6.07, 6.45) is 22.6. The molecule has 0 aliphatic carbocycles. The summed E-state index contributed by atoms with van der Waals surface area (Å²) in [4.78, 5) is 11.6. The van der Waals surface area contributed by atoms with Crippen molar-refractivity contribution in [2.45, 2.75) is 129 Å². The highest BCUT2D eigenvalue weighted by molar-refractivity contribution is 5.69. The molecule has 3 heteroatoms. The van der Waals surface area contributed by atoms with Crippen molar-refractivity contribution >= 4 is 5.97 Å². The van der Waals surface area contributed by atoms with E-state index in [4.69, 9.17) is 4.74 Å². The van der Waals surface area contributed by atoms with Crippen molar-refractivity contribution in [2.75, 3.05) is 6.61 Å². The fourth-order valence-corrected chi connectivity index (χ4v) is 3.07. The quantitative estimate of drug-likeness (QED) is 0.188. The molecule has 0 aromatic carbocycles. The Kier molecular flexibility index (Phi) is 25.0. The molecule has 152 valence electrons. The lowest BCUT2D eigenvalue weighted by molar-refractivity contribution is -0.143. The summed E-state index contributed by atoms with van der Waals surface area (Å²) in [5.74, 6) is 0.0134. The number of hydrogen-bond donors (Lipinski definition) is 1. The summed E-state index contributed by atoms with van der Waals surface area (Å²) < 4.78 is 5.32. The second kappa shape index (κ2) is 23.4. The zero-order valence-electron chi connectivity index (χ0n) is 17.8. The normalized spacial score (nSPS) is 10.5. The number of carbonyl (C=O) groups excluding carboxylic acids is 1. The lowest BCUT2D eigenvalue weighted by Gasteiger charge is -2.05. The molecule has 0 heterocycles. The van der Waals surface area contributed by atoms with Crippen LogP contribution in [0.5, 0.6) is 0 Å². The highest BCUT2D eigenvalue weighted by atomic mass is 16.5. The van der Waals surface area contributed by atoms with E-state index in [1.165, 1.54) is 96.3 Å². The Hall–Kier alpha value is -0.570. The second-order valence-electron chi connectivity index (χ2n) is 7.27. The zero-order valence-corrected chi connectivity index (χ0v) is 17.8. The molecule has 0 atom stereocenters. The molecule has 0 fully saturated rings. The van der Waals surface area contributed by atoms with Gasteiger partial charge in [-0.3, -0.25) is 4.79 Å². The minimum absolute atomic E-state index is 0. The van der Waals surface area contributed by atoms with Crippen LogP contribution in [0, 0.1) is 0 Å². The first kappa shape index (κ1) is 26.7. The maximum absolute atomic E-state index is 11.6. The Morgan fingerprint density at radius 1 is 0.560 bits per heavy atom. The lowest BCUT2D eigenvalue weighted by atomic mass is 10.1. The molecule has 0 aromatic heterocycles. The van der Waals surface area contributed by atoms with Gasteiger partial charge < -0.3 is 10.9 Å². The van der Waals surface area contributed by atoms with Crippen molar-refractivity contribution < 1.29 is 9.53 Å². The van der Waals surface area contributed by atoms with Crippen LogP contribution in [0.4, 0.5) is 0 Å². The van der Waals surface area contributed by atoms with Crippen molar-refractivity contribution in [3.63, 3.8) is 0 Å². The number of unbranched alkanes of at least 4 members (excludes halogenated alkanes) is 15. The van der Waals surface area contributed by atoms with Crippen molar-refractivity contribution in [2.24, 2.45) is 0 Å². The summed E-state index contributed by atoms with van der Waals surface area (Å²) >= 11 is 0. The average molecular weight is 359 g/mol. The number of rotatable bonds is 19. The largest absolute Gasteiger partial charge is 0.466 e. The van der Waals surface area contributed by atoms with Crippen molar-refractivity contribution in [1.82, 2.24) is 6.15 Å². The van der Waals surface area contributed by atoms with Gasteiger partial charge in [0.05, 0.1) is 6.61 Å². The van der Waals surface area contributed by atoms with E-state index in [-0.39, 0.29) is 12.1 Å². The Bertz CT molecular complexity index is 256. The van der Waals surface area contributed by atoms with Gasteiger partial charge in [-0.25, -0.2) is 0 Å². The van der Waals surface area contributed by atoms with Gasteiger partial charge in [-0.15, -0.1) is 0 Å². The van der Waals surface area contributed by atoms with E-state index in [1.807, 2.05) is 0 Å². The molecular weight excluding hydrogens is 310 g/mol. The van der Waals surface area contributed by atoms with Crippen LogP contribution in [0.15, 0.2) is 0 Å². The maximum Gasteiger partial charge on any atom is 0.305 e. The minimum Gasteiger partial charge on any atom is -0.466 e. The first-order valence-corrected chi connectivity index (χ1v) is 11.0. The van der Waals surface area contributed by atoms with Crippen LogP contribution < -0.4 is 6.15 Å². The van der Waals surface area contributed by atoms with E-state index in [9.17, 15) is 4.79 Å². The third kappa shape index (κ3) is 23.4. The fraction of sp³-hybridized carbons (Fsp3) is 0.955. The van der Waals surface area contributed by atoms with E-state index in [2.05, 4.69) is 13.8 Å². The van der Waals surface area contributed by atoms with Gasteiger partial charge in [0, 0.05) is 6.42 Å². The summed E-state index contributed by atoms with van der Waals surface area (Å²) in [5.41, 5.74) is 0. The molecule has 0 spiro atoms. The number of hydrogen-bond acceptors (Lipinski definition) is 2. The molecule has 0 rings (SSSR count). The molecule has 0 aliphatic rings. The first-order chi connectivity index (χ1) is 11.8. The van der Waals surface area contributed by atoms with Crippen LogP contribution >= 0.6 is 0 Å². The molecule has 0 amide bonds.